The topological polar surface area (TPSA) is 64.6 Å². The molecule has 0 radical (unpaired) electrons. The highest BCUT2D eigenvalue weighted by Gasteiger charge is 2.38. The van der Waals surface area contributed by atoms with Gasteiger partial charge in [-0.1, -0.05) is 32.0 Å². The number of benzene rings is 1. The summed E-state index contributed by atoms with van der Waals surface area (Å²) >= 11 is 0. The maximum atomic E-state index is 12.9. The molecule has 0 saturated heterocycles. The van der Waals surface area contributed by atoms with Crippen LogP contribution in [-0.2, 0) is 19.1 Å². The van der Waals surface area contributed by atoms with Crippen molar-refractivity contribution in [3.63, 3.8) is 0 Å². The van der Waals surface area contributed by atoms with Crippen LogP contribution >= 0.6 is 0 Å². The van der Waals surface area contributed by atoms with Gasteiger partial charge in [-0.3, -0.25) is 0 Å². The van der Waals surface area contributed by atoms with E-state index in [0.717, 1.165) is 16.7 Å². The van der Waals surface area contributed by atoms with Crippen LogP contribution in [-0.4, -0.2) is 25.2 Å². The lowest BCUT2D eigenvalue weighted by Gasteiger charge is -2.31. The van der Waals surface area contributed by atoms with Crippen molar-refractivity contribution in [1.29, 1.82) is 0 Å². The molecule has 5 nitrogen and oxygen atoms in total. The molecular weight excluding hydrogens is 354 g/mol. The Labute approximate surface area is 167 Å². The highest BCUT2D eigenvalue weighted by molar-refractivity contribution is 6.00. The van der Waals surface area contributed by atoms with Crippen LogP contribution in [0.15, 0.2) is 40.7 Å². The normalized spacial score (nSPS) is 15.0. The van der Waals surface area contributed by atoms with E-state index in [2.05, 4.69) is 31.3 Å². The van der Waals surface area contributed by atoms with Crippen molar-refractivity contribution in [3.8, 4) is 0 Å². The third kappa shape index (κ3) is 4.29. The van der Waals surface area contributed by atoms with E-state index in [9.17, 15) is 9.59 Å². The second-order valence-corrected chi connectivity index (χ2v) is 7.35. The lowest BCUT2D eigenvalue weighted by atomic mass is 9.78. The van der Waals surface area contributed by atoms with Gasteiger partial charge in [0.2, 0.25) is 0 Å². The summed E-state index contributed by atoms with van der Waals surface area (Å²) < 4.78 is 10.7. The number of hydrogen-bond acceptors (Lipinski definition) is 5. The Morgan fingerprint density at radius 2 is 1.46 bits per heavy atom. The number of hydrogen-bond donors (Lipinski definition) is 1. The largest absolute Gasteiger partial charge is 0.463 e. The number of carbonyl (C=O) groups is 2. The molecule has 0 aliphatic carbocycles. The first-order chi connectivity index (χ1) is 13.2. The van der Waals surface area contributed by atoms with Crippen LogP contribution in [0.2, 0.25) is 0 Å². The van der Waals surface area contributed by atoms with E-state index in [-0.39, 0.29) is 13.2 Å². The van der Waals surface area contributed by atoms with Gasteiger partial charge in [0.15, 0.2) is 0 Å². The fourth-order valence-corrected chi connectivity index (χ4v) is 3.59. The number of dihydropyridines is 1. The maximum Gasteiger partial charge on any atom is 0.336 e. The summed E-state index contributed by atoms with van der Waals surface area (Å²) in [5.41, 5.74) is 5.41. The third-order valence-electron chi connectivity index (χ3n) is 5.03. The van der Waals surface area contributed by atoms with E-state index in [1.165, 1.54) is 0 Å². The van der Waals surface area contributed by atoms with Gasteiger partial charge >= 0.3 is 11.9 Å². The second kappa shape index (κ2) is 9.09. The van der Waals surface area contributed by atoms with Crippen molar-refractivity contribution in [2.75, 3.05) is 13.2 Å². The van der Waals surface area contributed by atoms with Gasteiger partial charge in [-0.25, -0.2) is 9.59 Å². The van der Waals surface area contributed by atoms with Crippen molar-refractivity contribution in [2.45, 2.75) is 60.3 Å². The average Bonchev–Trinajstić information content (AvgIpc) is 2.61. The van der Waals surface area contributed by atoms with Gasteiger partial charge in [0.05, 0.1) is 30.3 Å². The lowest BCUT2D eigenvalue weighted by molar-refractivity contribution is -0.139. The van der Waals surface area contributed by atoms with Crippen LogP contribution in [0, 0.1) is 6.92 Å². The summed E-state index contributed by atoms with van der Waals surface area (Å²) in [6.45, 7) is 14.0. The summed E-state index contributed by atoms with van der Waals surface area (Å²) in [5, 5.41) is 3.17. The Bertz CT molecular complexity index is 793. The Balaban J connectivity index is 2.75. The summed E-state index contributed by atoms with van der Waals surface area (Å²) in [6.07, 6.45) is 0. The zero-order valence-corrected chi connectivity index (χ0v) is 17.9. The molecule has 0 unspecified atom stereocenters. The zero-order chi connectivity index (χ0) is 21.0. The number of allylic oxidation sites excluding steroid dienone is 2. The van der Waals surface area contributed by atoms with Gasteiger partial charge in [-0.2, -0.15) is 0 Å². The van der Waals surface area contributed by atoms with Gasteiger partial charge in [0.25, 0.3) is 0 Å². The minimum Gasteiger partial charge on any atom is -0.463 e. The summed E-state index contributed by atoms with van der Waals surface area (Å²) in [5.74, 6) is -1.03. The molecule has 0 spiro atoms. The standard InChI is InChI=1S/C23H31NO4/c1-8-27-22(25)19-15(6)24-16(7)20(23(26)28-9-2)21(19)18-12-17(13(3)4)11-10-14(18)5/h10-13,21,24H,8-9H2,1-7H3. The quantitative estimate of drug-likeness (QED) is 0.732. The van der Waals surface area contributed by atoms with Crippen LogP contribution < -0.4 is 5.32 Å². The minimum absolute atomic E-state index is 0.269. The Kier molecular flexibility index (Phi) is 7.05. The van der Waals surface area contributed by atoms with Gasteiger partial charge in [0, 0.05) is 11.4 Å². The smallest absolute Gasteiger partial charge is 0.336 e. The van der Waals surface area contributed by atoms with Gasteiger partial charge in [-0.05, 0) is 57.2 Å². The molecule has 2 rings (SSSR count). The van der Waals surface area contributed by atoms with Crippen LogP contribution in [0.25, 0.3) is 0 Å². The first-order valence-corrected chi connectivity index (χ1v) is 9.86. The maximum absolute atomic E-state index is 12.9. The van der Waals surface area contributed by atoms with E-state index in [4.69, 9.17) is 9.47 Å². The third-order valence-corrected chi connectivity index (χ3v) is 5.03. The van der Waals surface area contributed by atoms with Gasteiger partial charge < -0.3 is 14.8 Å². The number of nitrogens with one attached hydrogen (secondary N) is 1. The number of ether oxygens (including phenoxy) is 2. The summed E-state index contributed by atoms with van der Waals surface area (Å²) in [6, 6.07) is 6.23. The minimum atomic E-state index is -0.530. The first-order valence-electron chi connectivity index (χ1n) is 9.86. The number of aryl methyl sites for hydroxylation is 1. The molecule has 1 aliphatic heterocycles. The fraction of sp³-hybridized carbons (Fsp3) is 0.478. The molecule has 1 heterocycles. The molecule has 1 aromatic rings. The van der Waals surface area contributed by atoms with E-state index < -0.39 is 17.9 Å². The molecule has 5 heteroatoms. The van der Waals surface area contributed by atoms with Crippen molar-refractivity contribution >= 4 is 11.9 Å². The molecule has 0 amide bonds. The first kappa shape index (κ1) is 21.7. The van der Waals surface area contributed by atoms with Crippen molar-refractivity contribution in [3.05, 3.63) is 57.4 Å². The van der Waals surface area contributed by atoms with Gasteiger partial charge in [0.1, 0.15) is 0 Å². The van der Waals surface area contributed by atoms with Crippen molar-refractivity contribution < 1.29 is 19.1 Å². The van der Waals surface area contributed by atoms with Gasteiger partial charge in [-0.15, -0.1) is 0 Å². The highest BCUT2D eigenvalue weighted by Crippen LogP contribution is 2.41. The van der Waals surface area contributed by atoms with Crippen LogP contribution in [0.4, 0.5) is 0 Å². The molecule has 1 N–H and O–H groups in total. The fourth-order valence-electron chi connectivity index (χ4n) is 3.59. The van der Waals surface area contributed by atoms with Crippen LogP contribution in [0.3, 0.4) is 0 Å². The zero-order valence-electron chi connectivity index (χ0n) is 17.9. The molecule has 152 valence electrons. The number of rotatable bonds is 6. The Morgan fingerprint density at radius 1 is 0.964 bits per heavy atom. The average molecular weight is 386 g/mol. The van der Waals surface area contributed by atoms with Crippen LogP contribution in [0.1, 0.15) is 70.1 Å². The Hall–Kier alpha value is -2.56. The predicted octanol–water partition coefficient (Wildman–Crippen LogP) is 4.48. The SMILES string of the molecule is CCOC(=O)C1=C(C)NC(C)=C(C(=O)OCC)C1c1cc(C(C)C)ccc1C. The summed E-state index contributed by atoms with van der Waals surface area (Å²) in [4.78, 5) is 25.7. The molecule has 0 fully saturated rings. The predicted molar refractivity (Wildman–Crippen MR) is 110 cm³/mol. The molecule has 0 bridgehead atoms. The van der Waals surface area contributed by atoms with Crippen molar-refractivity contribution in [1.82, 2.24) is 5.32 Å². The second-order valence-electron chi connectivity index (χ2n) is 7.35. The Morgan fingerprint density at radius 3 is 1.89 bits per heavy atom. The molecule has 0 saturated carbocycles. The molecule has 0 aromatic heterocycles. The molecule has 1 aliphatic rings. The van der Waals surface area contributed by atoms with E-state index in [1.54, 1.807) is 13.8 Å². The lowest BCUT2D eigenvalue weighted by Crippen LogP contribution is -2.33. The molecule has 28 heavy (non-hydrogen) atoms. The van der Waals surface area contributed by atoms with E-state index in [0.29, 0.717) is 28.5 Å². The molecule has 1 aromatic carbocycles. The summed E-state index contributed by atoms with van der Waals surface area (Å²) in [7, 11) is 0. The van der Waals surface area contributed by atoms with Crippen LogP contribution in [0.5, 0.6) is 0 Å². The number of esters is 2. The van der Waals surface area contributed by atoms with E-state index in [1.807, 2.05) is 26.8 Å². The highest BCUT2D eigenvalue weighted by atomic mass is 16.5. The molecule has 0 atom stereocenters. The monoisotopic (exact) mass is 385 g/mol. The molecular formula is C23H31NO4. The van der Waals surface area contributed by atoms with Crippen molar-refractivity contribution in [2.24, 2.45) is 0 Å². The number of carbonyl (C=O) groups excluding carboxylic acids is 2. The van der Waals surface area contributed by atoms with E-state index >= 15 is 0 Å².